The van der Waals surface area contributed by atoms with Crippen LogP contribution in [0.2, 0.25) is 0 Å². The fourth-order valence-corrected chi connectivity index (χ4v) is 4.79. The van der Waals surface area contributed by atoms with E-state index in [9.17, 15) is 13.2 Å². The maximum absolute atomic E-state index is 12.5. The monoisotopic (exact) mass is 469 g/mol. The summed E-state index contributed by atoms with van der Waals surface area (Å²) in [4.78, 5) is 13.1. The summed E-state index contributed by atoms with van der Waals surface area (Å²) in [6, 6.07) is 24.0. The average Bonchev–Trinajstić information content (AvgIpc) is 2.81. The Morgan fingerprint density at radius 2 is 1.44 bits per heavy atom. The van der Waals surface area contributed by atoms with Crippen LogP contribution in [-0.4, -0.2) is 33.2 Å². The van der Waals surface area contributed by atoms with Crippen molar-refractivity contribution in [3.05, 3.63) is 78.9 Å². The molecule has 6 nitrogen and oxygen atoms in total. The predicted molar refractivity (Wildman–Crippen MR) is 131 cm³/mol. The van der Waals surface area contributed by atoms with E-state index in [1.165, 1.54) is 11.8 Å². The van der Waals surface area contributed by atoms with Crippen LogP contribution in [0.1, 0.15) is 12.8 Å². The Hall–Kier alpha value is -2.81. The highest BCUT2D eigenvalue weighted by Gasteiger charge is 2.13. The van der Waals surface area contributed by atoms with E-state index in [0.717, 1.165) is 16.0 Å². The summed E-state index contributed by atoms with van der Waals surface area (Å²) in [7, 11) is -3.55. The zero-order valence-corrected chi connectivity index (χ0v) is 19.3. The molecule has 0 aliphatic rings. The number of sulfonamides is 1. The minimum Gasteiger partial charge on any atom is -0.399 e. The molecule has 0 atom stereocenters. The van der Waals surface area contributed by atoms with E-state index in [1.807, 2.05) is 54.6 Å². The van der Waals surface area contributed by atoms with Crippen molar-refractivity contribution in [2.24, 2.45) is 0 Å². The molecule has 0 radical (unpaired) electrons. The third-order valence-corrected chi connectivity index (χ3v) is 7.23. The van der Waals surface area contributed by atoms with Gasteiger partial charge in [-0.05, 0) is 60.4 Å². The molecule has 0 aromatic heterocycles. The van der Waals surface area contributed by atoms with Gasteiger partial charge in [-0.25, -0.2) is 13.1 Å². The fraction of sp³-hybridized carbons (Fsp3) is 0.208. The summed E-state index contributed by atoms with van der Waals surface area (Å²) in [6.07, 6.45) is 1.32. The molecule has 32 heavy (non-hydrogen) atoms. The Labute approximate surface area is 193 Å². The van der Waals surface area contributed by atoms with Crippen molar-refractivity contribution in [3.8, 4) is 11.1 Å². The number of anilines is 1. The third kappa shape index (κ3) is 7.40. The van der Waals surface area contributed by atoms with Crippen molar-refractivity contribution in [2.75, 3.05) is 24.6 Å². The molecular weight excluding hydrogens is 442 g/mol. The molecule has 0 fully saturated rings. The quantitative estimate of drug-likeness (QED) is 0.225. The van der Waals surface area contributed by atoms with Gasteiger partial charge in [0.05, 0.1) is 10.6 Å². The van der Waals surface area contributed by atoms with Crippen LogP contribution in [0.25, 0.3) is 11.1 Å². The molecule has 4 N–H and O–H groups in total. The minimum absolute atomic E-state index is 0.0501. The number of carbonyl (C=O) groups is 1. The molecule has 0 bridgehead atoms. The molecule has 0 aliphatic carbocycles. The highest BCUT2D eigenvalue weighted by Crippen LogP contribution is 2.21. The second-order valence-corrected chi connectivity index (χ2v) is 10.0. The molecule has 0 saturated heterocycles. The normalized spacial score (nSPS) is 11.2. The van der Waals surface area contributed by atoms with Gasteiger partial charge < -0.3 is 11.1 Å². The lowest BCUT2D eigenvalue weighted by atomic mass is 10.1. The number of nitrogen functional groups attached to an aromatic ring is 1. The van der Waals surface area contributed by atoms with E-state index < -0.39 is 10.0 Å². The predicted octanol–water partition coefficient (Wildman–Crippen LogP) is 3.90. The average molecular weight is 470 g/mol. The molecule has 8 heteroatoms. The molecule has 0 spiro atoms. The van der Waals surface area contributed by atoms with Crippen LogP contribution in [0.15, 0.2) is 88.7 Å². The Kier molecular flexibility index (Phi) is 8.72. The number of unbranched alkanes of at least 4 members (excludes halogenated alkanes) is 1. The van der Waals surface area contributed by atoms with Gasteiger partial charge >= 0.3 is 0 Å². The van der Waals surface area contributed by atoms with Crippen molar-refractivity contribution in [2.45, 2.75) is 22.6 Å². The van der Waals surface area contributed by atoms with E-state index >= 15 is 0 Å². The van der Waals surface area contributed by atoms with E-state index in [2.05, 4.69) is 10.0 Å². The van der Waals surface area contributed by atoms with E-state index in [-0.39, 0.29) is 10.8 Å². The number of rotatable bonds is 11. The number of thioether (sulfide) groups is 1. The summed E-state index contributed by atoms with van der Waals surface area (Å²) < 4.78 is 27.6. The first-order valence-electron chi connectivity index (χ1n) is 10.3. The van der Waals surface area contributed by atoms with E-state index in [4.69, 9.17) is 5.73 Å². The Bertz CT molecular complexity index is 1100. The molecule has 0 unspecified atom stereocenters. The zero-order valence-electron chi connectivity index (χ0n) is 17.7. The first kappa shape index (κ1) is 23.8. The van der Waals surface area contributed by atoms with Crippen LogP contribution >= 0.6 is 11.8 Å². The third-order valence-electron chi connectivity index (χ3n) is 4.74. The summed E-state index contributed by atoms with van der Waals surface area (Å²) in [5.41, 5.74) is 8.35. The SMILES string of the molecule is Nc1ccc(SCC(=O)NCCCCNS(=O)(=O)c2ccc(-c3ccccc3)cc2)cc1. The van der Waals surface area contributed by atoms with E-state index in [1.54, 1.807) is 24.3 Å². The van der Waals surface area contributed by atoms with E-state index in [0.29, 0.717) is 37.4 Å². The Morgan fingerprint density at radius 3 is 2.12 bits per heavy atom. The fourth-order valence-electron chi connectivity index (χ4n) is 2.99. The number of nitrogens with one attached hydrogen (secondary N) is 2. The summed E-state index contributed by atoms with van der Waals surface area (Å²) in [5.74, 6) is 0.279. The number of hydrogen-bond donors (Lipinski definition) is 3. The summed E-state index contributed by atoms with van der Waals surface area (Å²) >= 11 is 1.45. The van der Waals surface area contributed by atoms with Gasteiger partial charge in [0.15, 0.2) is 0 Å². The van der Waals surface area contributed by atoms with Gasteiger partial charge in [-0.15, -0.1) is 11.8 Å². The van der Waals surface area contributed by atoms with Gasteiger partial charge in [0.1, 0.15) is 0 Å². The van der Waals surface area contributed by atoms with Crippen molar-refractivity contribution in [1.82, 2.24) is 10.0 Å². The number of hydrogen-bond acceptors (Lipinski definition) is 5. The van der Waals surface area contributed by atoms with Crippen LogP contribution in [0.5, 0.6) is 0 Å². The Balaban J connectivity index is 1.34. The maximum atomic E-state index is 12.5. The summed E-state index contributed by atoms with van der Waals surface area (Å²) in [5, 5.41) is 2.85. The number of nitrogens with two attached hydrogens (primary N) is 1. The van der Waals surface area contributed by atoms with Gasteiger partial charge in [0.25, 0.3) is 0 Å². The number of benzene rings is 3. The van der Waals surface area contributed by atoms with Crippen LogP contribution in [0.3, 0.4) is 0 Å². The maximum Gasteiger partial charge on any atom is 0.240 e. The second kappa shape index (κ2) is 11.7. The number of carbonyl (C=O) groups excluding carboxylic acids is 1. The highest BCUT2D eigenvalue weighted by molar-refractivity contribution is 8.00. The Morgan fingerprint density at radius 1 is 0.812 bits per heavy atom. The van der Waals surface area contributed by atoms with Gasteiger partial charge in [0, 0.05) is 23.7 Å². The largest absolute Gasteiger partial charge is 0.399 e. The molecule has 0 heterocycles. The van der Waals surface area contributed by atoms with Crippen LogP contribution in [0.4, 0.5) is 5.69 Å². The molecule has 3 rings (SSSR count). The van der Waals surface area contributed by atoms with Crippen molar-refractivity contribution in [3.63, 3.8) is 0 Å². The molecule has 168 valence electrons. The van der Waals surface area contributed by atoms with Crippen molar-refractivity contribution in [1.29, 1.82) is 0 Å². The van der Waals surface area contributed by atoms with Crippen LogP contribution in [0, 0.1) is 0 Å². The second-order valence-electron chi connectivity index (χ2n) is 7.20. The topological polar surface area (TPSA) is 101 Å². The molecule has 0 aliphatic heterocycles. The van der Waals surface area contributed by atoms with Gasteiger partial charge in [-0.2, -0.15) is 0 Å². The van der Waals surface area contributed by atoms with Crippen molar-refractivity contribution < 1.29 is 13.2 Å². The van der Waals surface area contributed by atoms with Gasteiger partial charge in [-0.1, -0.05) is 42.5 Å². The zero-order chi connectivity index (χ0) is 22.8. The standard InChI is InChI=1S/C24H27N3O3S2/c25-21-10-12-22(13-11-21)31-18-24(28)26-16-4-5-17-27-32(29,30)23-14-8-20(9-15-23)19-6-2-1-3-7-19/h1-3,6-15,27H,4-5,16-18,25H2,(H,26,28). The molecule has 1 amide bonds. The lowest BCUT2D eigenvalue weighted by Gasteiger charge is -2.09. The van der Waals surface area contributed by atoms with Gasteiger partial charge in [0.2, 0.25) is 15.9 Å². The molecule has 0 saturated carbocycles. The number of amides is 1. The lowest BCUT2D eigenvalue weighted by molar-refractivity contribution is -0.118. The minimum atomic E-state index is -3.55. The summed E-state index contributed by atoms with van der Waals surface area (Å²) in [6.45, 7) is 0.827. The van der Waals surface area contributed by atoms with Crippen molar-refractivity contribution >= 4 is 33.4 Å². The first-order valence-corrected chi connectivity index (χ1v) is 12.8. The molecule has 3 aromatic carbocycles. The highest BCUT2D eigenvalue weighted by atomic mass is 32.2. The van der Waals surface area contributed by atoms with Crippen LogP contribution < -0.4 is 15.8 Å². The lowest BCUT2D eigenvalue weighted by Crippen LogP contribution is -2.28. The van der Waals surface area contributed by atoms with Gasteiger partial charge in [-0.3, -0.25) is 4.79 Å². The first-order chi connectivity index (χ1) is 15.4. The molecule has 3 aromatic rings. The molecular formula is C24H27N3O3S2. The van der Waals surface area contributed by atoms with Crippen LogP contribution in [-0.2, 0) is 14.8 Å². The smallest absolute Gasteiger partial charge is 0.240 e.